The molecule has 1 aromatic carbocycles. The Hall–Kier alpha value is -3.46. The van der Waals surface area contributed by atoms with Gasteiger partial charge in [0.2, 0.25) is 0 Å². The highest BCUT2D eigenvalue weighted by Gasteiger charge is 2.29. The van der Waals surface area contributed by atoms with Crippen LogP contribution in [-0.2, 0) is 19.5 Å². The number of hydrogen-bond acceptors (Lipinski definition) is 5. The summed E-state index contributed by atoms with van der Waals surface area (Å²) in [5, 5.41) is 10.9. The van der Waals surface area contributed by atoms with E-state index in [0.717, 1.165) is 54.0 Å². The van der Waals surface area contributed by atoms with Gasteiger partial charge in [0.15, 0.2) is 0 Å². The largest absolute Gasteiger partial charge is 0.496 e. The van der Waals surface area contributed by atoms with Gasteiger partial charge in [0.25, 0.3) is 0 Å². The summed E-state index contributed by atoms with van der Waals surface area (Å²) in [7, 11) is 1.56. The van der Waals surface area contributed by atoms with Crippen molar-refractivity contribution in [2.24, 2.45) is 0 Å². The second-order valence-electron chi connectivity index (χ2n) is 9.33. The van der Waals surface area contributed by atoms with Gasteiger partial charge in [-0.25, -0.2) is 9.18 Å². The van der Waals surface area contributed by atoms with Gasteiger partial charge in [-0.05, 0) is 50.6 Å². The van der Waals surface area contributed by atoms with Gasteiger partial charge in [-0.2, -0.15) is 5.10 Å². The highest BCUT2D eigenvalue weighted by molar-refractivity contribution is 5.76. The van der Waals surface area contributed by atoms with Crippen LogP contribution in [0.1, 0.15) is 35.4 Å². The second kappa shape index (κ2) is 10.0. The minimum absolute atomic E-state index is 0.0158. The molecule has 0 unspecified atom stereocenters. The molecule has 2 N–H and O–H groups in total. The van der Waals surface area contributed by atoms with E-state index < -0.39 is 0 Å². The lowest BCUT2D eigenvalue weighted by atomic mass is 10.0. The predicted molar refractivity (Wildman–Crippen MR) is 130 cm³/mol. The quantitative estimate of drug-likeness (QED) is 0.585. The predicted octanol–water partition coefficient (Wildman–Crippen LogP) is 3.66. The summed E-state index contributed by atoms with van der Waals surface area (Å²) < 4.78 is 19.8. The molecule has 2 aliphatic rings. The number of methoxy groups -OCH3 is 1. The Labute approximate surface area is 204 Å². The van der Waals surface area contributed by atoms with Gasteiger partial charge in [0.1, 0.15) is 11.6 Å². The van der Waals surface area contributed by atoms with E-state index in [-0.39, 0.29) is 17.9 Å². The van der Waals surface area contributed by atoms with Crippen LogP contribution in [0.5, 0.6) is 5.75 Å². The Morgan fingerprint density at radius 3 is 3.03 bits per heavy atom. The molecule has 2 aromatic heterocycles. The fraction of sp³-hybridized carbons (Fsp3) is 0.423. The number of piperidine rings is 1. The molecular formula is C26H31FN6O2. The summed E-state index contributed by atoms with van der Waals surface area (Å²) in [6, 6.07) is 8.81. The zero-order valence-electron chi connectivity index (χ0n) is 20.2. The van der Waals surface area contributed by atoms with Crippen molar-refractivity contribution in [2.45, 2.75) is 45.3 Å². The maximum atomic E-state index is 14.4. The van der Waals surface area contributed by atoms with Crippen molar-refractivity contribution in [3.63, 3.8) is 0 Å². The number of carbonyl (C=O) groups excluding carboxylic acids is 1. The van der Waals surface area contributed by atoms with Crippen molar-refractivity contribution in [3.8, 4) is 17.0 Å². The number of fused-ring (bicyclic) bond motifs is 1. The highest BCUT2D eigenvalue weighted by atomic mass is 19.1. The number of urea groups is 1. The van der Waals surface area contributed by atoms with Gasteiger partial charge in [0.05, 0.1) is 19.3 Å². The maximum Gasteiger partial charge on any atom is 0.317 e. The normalized spacial score (nSPS) is 18.3. The standard InChI is InChI=1S/C26H31FN6O2/c1-17-13-18(8-10-28-17)25-21-16-33(12-9-23(21)30-31-25)26(34)29-19-5-4-11-32(14-19)15-20-22(27)6-3-7-24(20)35-2/h3,6-8,10,13,19H,4-5,9,11-12,14-16H2,1-2H3,(H,29,34)(H,30,31)/t19-/m1/s1. The van der Waals surface area contributed by atoms with Crippen LogP contribution in [0.25, 0.3) is 11.3 Å². The first-order valence-electron chi connectivity index (χ1n) is 12.1. The molecule has 9 heteroatoms. The van der Waals surface area contributed by atoms with Crippen LogP contribution in [0, 0.1) is 12.7 Å². The number of hydrogen-bond donors (Lipinski definition) is 2. The van der Waals surface area contributed by atoms with Crippen LogP contribution in [0.15, 0.2) is 36.5 Å². The number of rotatable bonds is 5. The Balaban J connectivity index is 1.23. The zero-order chi connectivity index (χ0) is 24.4. The first-order chi connectivity index (χ1) is 17.0. The fourth-order valence-corrected chi connectivity index (χ4v) is 5.09. The number of aryl methyl sites for hydroxylation is 1. The summed E-state index contributed by atoms with van der Waals surface area (Å²) in [5.41, 5.74) is 5.52. The number of ether oxygens (including phenoxy) is 1. The van der Waals surface area contributed by atoms with Crippen LogP contribution >= 0.6 is 0 Å². The molecule has 184 valence electrons. The number of aromatic nitrogens is 3. The monoisotopic (exact) mass is 478 g/mol. The van der Waals surface area contributed by atoms with E-state index in [1.165, 1.54) is 6.07 Å². The minimum atomic E-state index is -0.264. The molecule has 35 heavy (non-hydrogen) atoms. The van der Waals surface area contributed by atoms with Gasteiger partial charge in [0, 0.05) is 66.4 Å². The summed E-state index contributed by atoms with van der Waals surface area (Å²) in [6.45, 7) is 5.10. The van der Waals surface area contributed by atoms with Crippen LogP contribution in [0.2, 0.25) is 0 Å². The van der Waals surface area contributed by atoms with Crippen LogP contribution < -0.4 is 10.1 Å². The Morgan fingerprint density at radius 2 is 2.20 bits per heavy atom. The third-order valence-corrected chi connectivity index (χ3v) is 6.90. The smallest absolute Gasteiger partial charge is 0.317 e. The molecule has 2 amide bonds. The minimum Gasteiger partial charge on any atom is -0.496 e. The molecule has 0 bridgehead atoms. The number of H-pyrrole nitrogens is 1. The van der Waals surface area contributed by atoms with E-state index >= 15 is 0 Å². The molecule has 1 atom stereocenters. The third kappa shape index (κ3) is 5.00. The Kier molecular flexibility index (Phi) is 6.68. The fourth-order valence-electron chi connectivity index (χ4n) is 5.09. The summed E-state index contributed by atoms with van der Waals surface area (Å²) in [4.78, 5) is 21.5. The van der Waals surface area contributed by atoms with E-state index in [1.54, 1.807) is 25.4 Å². The molecule has 1 saturated heterocycles. The lowest BCUT2D eigenvalue weighted by molar-refractivity contribution is 0.159. The number of nitrogens with zero attached hydrogens (tertiary/aromatic N) is 4. The van der Waals surface area contributed by atoms with E-state index in [4.69, 9.17) is 4.74 Å². The number of amides is 2. The zero-order valence-corrected chi connectivity index (χ0v) is 20.2. The van der Waals surface area contributed by atoms with Crippen molar-refractivity contribution in [1.82, 2.24) is 30.3 Å². The highest BCUT2D eigenvalue weighted by Crippen LogP contribution is 2.29. The lowest BCUT2D eigenvalue weighted by Crippen LogP contribution is -2.52. The van der Waals surface area contributed by atoms with Crippen molar-refractivity contribution in [3.05, 3.63) is 64.9 Å². The van der Waals surface area contributed by atoms with Crippen molar-refractivity contribution in [2.75, 3.05) is 26.7 Å². The molecule has 5 rings (SSSR count). The first kappa shape index (κ1) is 23.3. The van der Waals surface area contributed by atoms with E-state index in [1.807, 2.05) is 24.0 Å². The molecular weight excluding hydrogens is 447 g/mol. The van der Waals surface area contributed by atoms with Gasteiger partial charge in [-0.1, -0.05) is 6.07 Å². The van der Waals surface area contributed by atoms with Crippen LogP contribution in [-0.4, -0.2) is 63.8 Å². The molecule has 2 aliphatic heterocycles. The summed E-state index contributed by atoms with van der Waals surface area (Å²) in [6.07, 6.45) is 4.37. The molecule has 3 aromatic rings. The first-order valence-corrected chi connectivity index (χ1v) is 12.1. The number of halogens is 1. The summed E-state index contributed by atoms with van der Waals surface area (Å²) >= 11 is 0. The van der Waals surface area contributed by atoms with Crippen molar-refractivity contribution in [1.29, 1.82) is 0 Å². The maximum absolute atomic E-state index is 14.4. The molecule has 4 heterocycles. The van der Waals surface area contributed by atoms with Gasteiger partial charge in [-0.3, -0.25) is 15.0 Å². The molecule has 1 fully saturated rings. The van der Waals surface area contributed by atoms with Crippen molar-refractivity contribution >= 4 is 6.03 Å². The lowest BCUT2D eigenvalue weighted by Gasteiger charge is -2.35. The van der Waals surface area contributed by atoms with Gasteiger partial charge < -0.3 is 15.0 Å². The van der Waals surface area contributed by atoms with Crippen LogP contribution in [0.3, 0.4) is 0 Å². The number of nitrogens with one attached hydrogen (secondary N) is 2. The van der Waals surface area contributed by atoms with E-state index in [2.05, 4.69) is 25.4 Å². The number of aromatic amines is 1. The molecule has 0 radical (unpaired) electrons. The van der Waals surface area contributed by atoms with Gasteiger partial charge >= 0.3 is 6.03 Å². The van der Waals surface area contributed by atoms with E-state index in [9.17, 15) is 9.18 Å². The molecule has 0 saturated carbocycles. The Bertz CT molecular complexity index is 1210. The van der Waals surface area contributed by atoms with Crippen LogP contribution in [0.4, 0.5) is 9.18 Å². The van der Waals surface area contributed by atoms with Gasteiger partial charge in [-0.15, -0.1) is 0 Å². The summed E-state index contributed by atoms with van der Waals surface area (Å²) in [5.74, 6) is 0.292. The number of pyridine rings is 1. The van der Waals surface area contributed by atoms with Crippen molar-refractivity contribution < 1.29 is 13.9 Å². The average molecular weight is 479 g/mol. The average Bonchev–Trinajstić information content (AvgIpc) is 3.29. The second-order valence-corrected chi connectivity index (χ2v) is 9.33. The van der Waals surface area contributed by atoms with E-state index in [0.29, 0.717) is 37.5 Å². The number of carbonyl (C=O) groups is 1. The molecule has 0 spiro atoms. The number of likely N-dealkylation sites (tertiary alicyclic amines) is 1. The SMILES string of the molecule is COc1cccc(F)c1CN1CCC[C@@H](NC(=O)N2CCc3[nH]nc(-c4ccnc(C)c4)c3C2)C1. The molecule has 0 aliphatic carbocycles. The molecule has 8 nitrogen and oxygen atoms in total. The Morgan fingerprint density at radius 1 is 1.31 bits per heavy atom. The third-order valence-electron chi connectivity index (χ3n) is 6.90. The topological polar surface area (TPSA) is 86.4 Å². The number of benzene rings is 1.